The predicted molar refractivity (Wildman–Crippen MR) is 90.1 cm³/mol. The zero-order chi connectivity index (χ0) is 15.6. The van der Waals surface area contributed by atoms with Crippen LogP contribution < -0.4 is 5.73 Å². The van der Waals surface area contributed by atoms with Gasteiger partial charge in [-0.1, -0.05) is 0 Å². The molecule has 0 aromatic carbocycles. The summed E-state index contributed by atoms with van der Waals surface area (Å²) in [4.78, 5) is 14.2. The number of hydrogen-bond acceptors (Lipinski definition) is 5. The molecular formula is C16H30N2O3S. The van der Waals surface area contributed by atoms with Gasteiger partial charge in [0, 0.05) is 32.1 Å². The molecular weight excluding hydrogens is 300 g/mol. The Labute approximate surface area is 138 Å². The molecule has 0 radical (unpaired) electrons. The first-order valence-electron chi connectivity index (χ1n) is 8.58. The summed E-state index contributed by atoms with van der Waals surface area (Å²) in [5, 5.41) is 0. The zero-order valence-electron chi connectivity index (χ0n) is 13.5. The smallest absolute Gasteiger partial charge is 0.232 e. The first kappa shape index (κ1) is 18.0. The van der Waals surface area contributed by atoms with Crippen molar-refractivity contribution in [1.29, 1.82) is 0 Å². The van der Waals surface area contributed by atoms with Crippen molar-refractivity contribution in [3.8, 4) is 0 Å². The molecule has 1 amide bonds. The van der Waals surface area contributed by atoms with E-state index in [9.17, 15) is 4.79 Å². The van der Waals surface area contributed by atoms with Crippen LogP contribution in [0.4, 0.5) is 0 Å². The number of nitrogens with two attached hydrogens (primary N) is 1. The van der Waals surface area contributed by atoms with Crippen LogP contribution >= 0.6 is 11.8 Å². The maximum atomic E-state index is 12.2. The molecule has 0 aromatic heterocycles. The molecule has 1 unspecified atom stereocenters. The van der Waals surface area contributed by atoms with Gasteiger partial charge in [-0.15, -0.1) is 11.8 Å². The van der Waals surface area contributed by atoms with Crippen molar-refractivity contribution in [2.45, 2.75) is 50.7 Å². The summed E-state index contributed by atoms with van der Waals surface area (Å²) in [6.07, 6.45) is 7.07. The van der Waals surface area contributed by atoms with Gasteiger partial charge in [0.1, 0.15) is 0 Å². The van der Waals surface area contributed by atoms with Crippen molar-refractivity contribution in [3.05, 3.63) is 0 Å². The number of ether oxygens (including phenoxy) is 2. The molecule has 0 spiro atoms. The molecule has 6 heteroatoms. The third-order valence-corrected chi connectivity index (χ3v) is 5.36. The van der Waals surface area contributed by atoms with Crippen molar-refractivity contribution in [2.24, 2.45) is 5.73 Å². The average Bonchev–Trinajstić information content (AvgIpc) is 2.56. The summed E-state index contributed by atoms with van der Waals surface area (Å²) in [7, 11) is 0. The number of carbonyl (C=O) groups excluding carboxylic acids is 1. The monoisotopic (exact) mass is 330 g/mol. The van der Waals surface area contributed by atoms with Gasteiger partial charge in [-0.3, -0.25) is 4.79 Å². The van der Waals surface area contributed by atoms with Crippen molar-refractivity contribution < 1.29 is 14.3 Å². The summed E-state index contributed by atoms with van der Waals surface area (Å²) in [6, 6.07) is 0. The van der Waals surface area contributed by atoms with Gasteiger partial charge >= 0.3 is 0 Å². The Balaban J connectivity index is 1.54. The molecule has 0 bridgehead atoms. The standard InChI is InChI=1S/C16H30N2O3S/c17-7-3-11-20-14-5-8-18(9-6-14)16(19)13-22-12-15-4-1-2-10-21-15/h14-15H,1-13,17H2. The van der Waals surface area contributed by atoms with Gasteiger partial charge in [0.15, 0.2) is 0 Å². The van der Waals surface area contributed by atoms with Crippen LogP contribution in [0, 0.1) is 0 Å². The summed E-state index contributed by atoms with van der Waals surface area (Å²) >= 11 is 1.72. The lowest BCUT2D eigenvalue weighted by atomic mass is 10.1. The van der Waals surface area contributed by atoms with Crippen molar-refractivity contribution in [3.63, 3.8) is 0 Å². The second-order valence-corrected chi connectivity index (χ2v) is 7.13. The second-order valence-electron chi connectivity index (χ2n) is 6.10. The number of carbonyl (C=O) groups is 1. The Morgan fingerprint density at radius 2 is 2.09 bits per heavy atom. The lowest BCUT2D eigenvalue weighted by Gasteiger charge is -2.32. The second kappa shape index (κ2) is 10.5. The van der Waals surface area contributed by atoms with Crippen molar-refractivity contribution >= 4 is 17.7 Å². The largest absolute Gasteiger partial charge is 0.378 e. The molecule has 5 nitrogen and oxygen atoms in total. The van der Waals surface area contributed by atoms with E-state index in [4.69, 9.17) is 15.2 Å². The molecule has 2 saturated heterocycles. The Bertz CT molecular complexity index is 317. The SMILES string of the molecule is NCCCOC1CCN(C(=O)CSCC2CCCCO2)CC1. The molecule has 2 rings (SSSR count). The minimum Gasteiger partial charge on any atom is -0.378 e. The fraction of sp³-hybridized carbons (Fsp3) is 0.938. The number of hydrogen-bond donors (Lipinski definition) is 1. The summed E-state index contributed by atoms with van der Waals surface area (Å²) in [5.41, 5.74) is 5.46. The van der Waals surface area contributed by atoms with Gasteiger partial charge in [0.25, 0.3) is 0 Å². The number of rotatable bonds is 8. The summed E-state index contributed by atoms with van der Waals surface area (Å²) < 4.78 is 11.5. The highest BCUT2D eigenvalue weighted by Gasteiger charge is 2.23. The fourth-order valence-electron chi connectivity index (χ4n) is 2.91. The van der Waals surface area contributed by atoms with Gasteiger partial charge in [-0.05, 0) is 45.1 Å². The lowest BCUT2D eigenvalue weighted by molar-refractivity contribution is -0.130. The maximum absolute atomic E-state index is 12.2. The molecule has 2 heterocycles. The Morgan fingerprint density at radius 1 is 1.27 bits per heavy atom. The maximum Gasteiger partial charge on any atom is 0.232 e. The Morgan fingerprint density at radius 3 is 2.77 bits per heavy atom. The van der Waals surface area contributed by atoms with Crippen LogP contribution in [0.1, 0.15) is 38.5 Å². The lowest BCUT2D eigenvalue weighted by Crippen LogP contribution is -2.42. The molecule has 0 aliphatic carbocycles. The number of nitrogens with zero attached hydrogens (tertiary/aromatic N) is 1. The molecule has 22 heavy (non-hydrogen) atoms. The van der Waals surface area contributed by atoms with Crippen LogP contribution in [0.15, 0.2) is 0 Å². The number of thioether (sulfide) groups is 1. The van der Waals surface area contributed by atoms with Crippen molar-refractivity contribution in [2.75, 3.05) is 44.4 Å². The van der Waals surface area contributed by atoms with E-state index in [0.29, 0.717) is 24.5 Å². The highest BCUT2D eigenvalue weighted by Crippen LogP contribution is 2.19. The normalized spacial score (nSPS) is 23.7. The number of likely N-dealkylation sites (tertiary alicyclic amines) is 1. The van der Waals surface area contributed by atoms with E-state index in [2.05, 4.69) is 0 Å². The van der Waals surface area contributed by atoms with E-state index in [1.165, 1.54) is 12.8 Å². The van der Waals surface area contributed by atoms with Crippen LogP contribution in [-0.4, -0.2) is 67.4 Å². The van der Waals surface area contributed by atoms with Gasteiger partial charge in [0.05, 0.1) is 18.0 Å². The molecule has 128 valence electrons. The topological polar surface area (TPSA) is 64.8 Å². The third kappa shape index (κ3) is 6.44. The fourth-order valence-corrected chi connectivity index (χ4v) is 3.91. The molecule has 2 aliphatic rings. The highest BCUT2D eigenvalue weighted by atomic mass is 32.2. The summed E-state index contributed by atoms with van der Waals surface area (Å²) in [6.45, 7) is 3.96. The van der Waals surface area contributed by atoms with Crippen LogP contribution in [0.3, 0.4) is 0 Å². The van der Waals surface area contributed by atoms with Crippen LogP contribution in [0.25, 0.3) is 0 Å². The van der Waals surface area contributed by atoms with Crippen LogP contribution in [0.2, 0.25) is 0 Å². The molecule has 1 atom stereocenters. The van der Waals surface area contributed by atoms with Crippen LogP contribution in [-0.2, 0) is 14.3 Å². The van der Waals surface area contributed by atoms with Gasteiger partial charge < -0.3 is 20.1 Å². The first-order valence-corrected chi connectivity index (χ1v) is 9.74. The zero-order valence-corrected chi connectivity index (χ0v) is 14.3. The highest BCUT2D eigenvalue weighted by molar-refractivity contribution is 7.99. The van der Waals surface area contributed by atoms with E-state index in [1.54, 1.807) is 11.8 Å². The van der Waals surface area contributed by atoms with E-state index in [-0.39, 0.29) is 5.91 Å². The quantitative estimate of drug-likeness (QED) is 0.686. The molecule has 2 N–H and O–H groups in total. The van der Waals surface area contributed by atoms with Gasteiger partial charge in [0.2, 0.25) is 5.91 Å². The number of piperidine rings is 1. The van der Waals surface area contributed by atoms with Gasteiger partial charge in [-0.25, -0.2) is 0 Å². The minimum absolute atomic E-state index is 0.265. The van der Waals surface area contributed by atoms with Gasteiger partial charge in [-0.2, -0.15) is 0 Å². The third-order valence-electron chi connectivity index (χ3n) is 4.30. The number of amides is 1. The minimum atomic E-state index is 0.265. The average molecular weight is 330 g/mol. The molecule has 0 saturated carbocycles. The molecule has 2 fully saturated rings. The Kier molecular flexibility index (Phi) is 8.59. The predicted octanol–water partition coefficient (Wildman–Crippen LogP) is 1.65. The van der Waals surface area contributed by atoms with E-state index in [1.807, 2.05) is 4.90 Å². The Hall–Kier alpha value is -0.300. The molecule has 2 aliphatic heterocycles. The van der Waals surface area contributed by atoms with Crippen LogP contribution in [0.5, 0.6) is 0 Å². The van der Waals surface area contributed by atoms with E-state index >= 15 is 0 Å². The summed E-state index contributed by atoms with van der Waals surface area (Å²) in [5.74, 6) is 1.80. The first-order chi connectivity index (χ1) is 10.8. The molecule has 0 aromatic rings. The van der Waals surface area contributed by atoms with E-state index < -0.39 is 0 Å². The van der Waals surface area contributed by atoms with E-state index in [0.717, 1.165) is 57.7 Å². The van der Waals surface area contributed by atoms with Crippen molar-refractivity contribution in [1.82, 2.24) is 4.90 Å².